The standard InChI is InChI=1S/C17H26N4O3/c1-13(22)19-15-7-5-8-16(11-15)21(14(2)23)12-17(24)18-9-6-10-20(3)4/h5,7-8,11H,6,9-10,12H2,1-4H3,(H,18,24)(H,19,22). The highest BCUT2D eigenvalue weighted by Gasteiger charge is 2.16. The Bertz CT molecular complexity index is 587. The van der Waals surface area contributed by atoms with Crippen LogP contribution in [0.15, 0.2) is 24.3 Å². The summed E-state index contributed by atoms with van der Waals surface area (Å²) in [6, 6.07) is 6.85. The van der Waals surface area contributed by atoms with Gasteiger partial charge >= 0.3 is 0 Å². The maximum atomic E-state index is 12.1. The minimum atomic E-state index is -0.238. The topological polar surface area (TPSA) is 81.8 Å². The van der Waals surface area contributed by atoms with Crippen molar-refractivity contribution in [2.45, 2.75) is 20.3 Å². The van der Waals surface area contributed by atoms with Crippen molar-refractivity contribution in [3.63, 3.8) is 0 Å². The molecule has 0 radical (unpaired) electrons. The summed E-state index contributed by atoms with van der Waals surface area (Å²) in [6.45, 7) is 4.21. The van der Waals surface area contributed by atoms with Crippen LogP contribution < -0.4 is 15.5 Å². The highest BCUT2D eigenvalue weighted by atomic mass is 16.2. The average Bonchev–Trinajstić information content (AvgIpc) is 2.48. The second-order valence-corrected chi connectivity index (χ2v) is 5.84. The normalized spacial score (nSPS) is 10.4. The second-order valence-electron chi connectivity index (χ2n) is 5.84. The highest BCUT2D eigenvalue weighted by Crippen LogP contribution is 2.19. The number of carbonyl (C=O) groups is 3. The fourth-order valence-electron chi connectivity index (χ4n) is 2.16. The van der Waals surface area contributed by atoms with E-state index >= 15 is 0 Å². The van der Waals surface area contributed by atoms with E-state index in [9.17, 15) is 14.4 Å². The molecule has 3 amide bonds. The van der Waals surface area contributed by atoms with Gasteiger partial charge in [-0.1, -0.05) is 6.07 Å². The number of nitrogens with zero attached hydrogens (tertiary/aromatic N) is 2. The van der Waals surface area contributed by atoms with Crippen LogP contribution in [0, 0.1) is 0 Å². The van der Waals surface area contributed by atoms with E-state index in [-0.39, 0.29) is 24.3 Å². The predicted octanol–water partition coefficient (Wildman–Crippen LogP) is 1.07. The molecule has 0 aliphatic carbocycles. The van der Waals surface area contributed by atoms with Gasteiger partial charge in [0, 0.05) is 31.8 Å². The lowest BCUT2D eigenvalue weighted by Gasteiger charge is -2.21. The van der Waals surface area contributed by atoms with Crippen molar-refractivity contribution in [3.05, 3.63) is 24.3 Å². The fraction of sp³-hybridized carbons (Fsp3) is 0.471. The van der Waals surface area contributed by atoms with E-state index in [1.54, 1.807) is 24.3 Å². The number of rotatable bonds is 8. The summed E-state index contributed by atoms with van der Waals surface area (Å²) >= 11 is 0. The van der Waals surface area contributed by atoms with E-state index in [1.165, 1.54) is 18.7 Å². The SMILES string of the molecule is CC(=O)Nc1cccc(N(CC(=O)NCCCN(C)C)C(C)=O)c1. The van der Waals surface area contributed by atoms with Crippen molar-refractivity contribution in [2.24, 2.45) is 0 Å². The summed E-state index contributed by atoms with van der Waals surface area (Å²) in [5.41, 5.74) is 1.15. The zero-order valence-corrected chi connectivity index (χ0v) is 14.8. The van der Waals surface area contributed by atoms with E-state index in [1.807, 2.05) is 19.0 Å². The highest BCUT2D eigenvalue weighted by molar-refractivity contribution is 5.98. The van der Waals surface area contributed by atoms with Gasteiger partial charge in [-0.05, 0) is 45.3 Å². The number of nitrogens with one attached hydrogen (secondary N) is 2. The third-order valence-electron chi connectivity index (χ3n) is 3.26. The van der Waals surface area contributed by atoms with Crippen LogP contribution in [-0.4, -0.2) is 56.4 Å². The zero-order chi connectivity index (χ0) is 18.1. The molecule has 1 aromatic carbocycles. The van der Waals surface area contributed by atoms with Gasteiger partial charge in [0.05, 0.1) is 0 Å². The quantitative estimate of drug-likeness (QED) is 0.697. The van der Waals surface area contributed by atoms with Crippen LogP contribution in [0.5, 0.6) is 0 Å². The van der Waals surface area contributed by atoms with Gasteiger partial charge in [0.15, 0.2) is 0 Å². The lowest BCUT2D eigenvalue weighted by molar-refractivity contribution is -0.123. The number of amides is 3. The molecular weight excluding hydrogens is 308 g/mol. The van der Waals surface area contributed by atoms with Crippen LogP contribution in [0.1, 0.15) is 20.3 Å². The van der Waals surface area contributed by atoms with E-state index in [4.69, 9.17) is 0 Å². The zero-order valence-electron chi connectivity index (χ0n) is 14.8. The first-order valence-electron chi connectivity index (χ1n) is 7.86. The van der Waals surface area contributed by atoms with Gasteiger partial charge in [-0.2, -0.15) is 0 Å². The Labute approximate surface area is 143 Å². The molecule has 0 bridgehead atoms. The first-order chi connectivity index (χ1) is 11.3. The molecule has 7 heteroatoms. The summed E-state index contributed by atoms with van der Waals surface area (Å²) < 4.78 is 0. The molecule has 0 saturated heterocycles. The summed E-state index contributed by atoms with van der Waals surface area (Å²) in [4.78, 5) is 38.5. The van der Waals surface area contributed by atoms with Gasteiger partial charge in [0.1, 0.15) is 6.54 Å². The molecule has 2 N–H and O–H groups in total. The van der Waals surface area contributed by atoms with Gasteiger partial charge in [-0.3, -0.25) is 14.4 Å². The smallest absolute Gasteiger partial charge is 0.240 e. The predicted molar refractivity (Wildman–Crippen MR) is 95.0 cm³/mol. The van der Waals surface area contributed by atoms with E-state index in [0.29, 0.717) is 17.9 Å². The van der Waals surface area contributed by atoms with Crippen LogP contribution >= 0.6 is 0 Å². The molecule has 7 nitrogen and oxygen atoms in total. The Hall–Kier alpha value is -2.41. The summed E-state index contributed by atoms with van der Waals surface area (Å²) in [5.74, 6) is -0.646. The average molecular weight is 334 g/mol. The van der Waals surface area contributed by atoms with Crippen LogP contribution in [0.4, 0.5) is 11.4 Å². The number of benzene rings is 1. The molecular formula is C17H26N4O3. The van der Waals surface area contributed by atoms with Crippen LogP contribution in [-0.2, 0) is 14.4 Å². The fourth-order valence-corrected chi connectivity index (χ4v) is 2.16. The maximum absolute atomic E-state index is 12.1. The maximum Gasteiger partial charge on any atom is 0.240 e. The summed E-state index contributed by atoms with van der Waals surface area (Å²) in [7, 11) is 3.95. The first kappa shape index (κ1) is 19.6. The number of anilines is 2. The number of hydrogen-bond donors (Lipinski definition) is 2. The first-order valence-corrected chi connectivity index (χ1v) is 7.86. The Kier molecular flexibility index (Phi) is 7.91. The molecule has 0 atom stereocenters. The lowest BCUT2D eigenvalue weighted by Crippen LogP contribution is -2.40. The Morgan fingerprint density at radius 2 is 1.83 bits per heavy atom. The molecule has 132 valence electrons. The van der Waals surface area contributed by atoms with Crippen molar-refractivity contribution in [1.82, 2.24) is 10.2 Å². The van der Waals surface area contributed by atoms with E-state index in [2.05, 4.69) is 10.6 Å². The summed E-state index contributed by atoms with van der Waals surface area (Å²) in [6.07, 6.45) is 0.844. The van der Waals surface area contributed by atoms with E-state index in [0.717, 1.165) is 13.0 Å². The van der Waals surface area contributed by atoms with Crippen LogP contribution in [0.25, 0.3) is 0 Å². The molecule has 0 unspecified atom stereocenters. The number of hydrogen-bond acceptors (Lipinski definition) is 4. The van der Waals surface area contributed by atoms with Crippen molar-refractivity contribution >= 4 is 29.1 Å². The van der Waals surface area contributed by atoms with Crippen LogP contribution in [0.2, 0.25) is 0 Å². The van der Waals surface area contributed by atoms with Gasteiger partial charge in [0.25, 0.3) is 0 Å². The monoisotopic (exact) mass is 334 g/mol. The Morgan fingerprint density at radius 3 is 2.42 bits per heavy atom. The minimum absolute atomic E-state index is 0.0547. The Morgan fingerprint density at radius 1 is 1.12 bits per heavy atom. The molecule has 24 heavy (non-hydrogen) atoms. The molecule has 0 spiro atoms. The lowest BCUT2D eigenvalue weighted by atomic mass is 10.2. The molecule has 0 aliphatic heterocycles. The van der Waals surface area contributed by atoms with Gasteiger partial charge in [-0.15, -0.1) is 0 Å². The molecule has 0 fully saturated rings. The van der Waals surface area contributed by atoms with Crippen molar-refractivity contribution in [3.8, 4) is 0 Å². The molecule has 0 heterocycles. The molecule has 1 rings (SSSR count). The van der Waals surface area contributed by atoms with Crippen LogP contribution in [0.3, 0.4) is 0 Å². The molecule has 0 aliphatic rings. The largest absolute Gasteiger partial charge is 0.355 e. The third kappa shape index (κ3) is 7.23. The van der Waals surface area contributed by atoms with Crippen molar-refractivity contribution in [2.75, 3.05) is 43.9 Å². The Balaban J connectivity index is 2.68. The van der Waals surface area contributed by atoms with Gasteiger partial charge < -0.3 is 20.4 Å². The van der Waals surface area contributed by atoms with E-state index < -0.39 is 0 Å². The van der Waals surface area contributed by atoms with Crippen molar-refractivity contribution in [1.29, 1.82) is 0 Å². The van der Waals surface area contributed by atoms with Crippen molar-refractivity contribution < 1.29 is 14.4 Å². The second kappa shape index (κ2) is 9.67. The molecule has 0 saturated carbocycles. The summed E-state index contributed by atoms with van der Waals surface area (Å²) in [5, 5.41) is 5.47. The molecule has 0 aromatic heterocycles. The third-order valence-corrected chi connectivity index (χ3v) is 3.26. The molecule has 1 aromatic rings. The minimum Gasteiger partial charge on any atom is -0.355 e. The number of carbonyl (C=O) groups excluding carboxylic acids is 3. The van der Waals surface area contributed by atoms with Gasteiger partial charge in [0.2, 0.25) is 17.7 Å². The van der Waals surface area contributed by atoms with Gasteiger partial charge in [-0.25, -0.2) is 0 Å².